The molecule has 1 aromatic carbocycles. The molecule has 3 rings (SSSR count). The third kappa shape index (κ3) is 3.07. The van der Waals surface area contributed by atoms with Crippen LogP contribution in [0, 0.1) is 5.41 Å². The molecule has 0 radical (unpaired) electrons. The van der Waals surface area contributed by atoms with Crippen molar-refractivity contribution in [3.63, 3.8) is 0 Å². The molecule has 25 heavy (non-hydrogen) atoms. The van der Waals surface area contributed by atoms with E-state index in [1.807, 2.05) is 12.1 Å². The third-order valence-electron chi connectivity index (χ3n) is 4.72. The molecule has 0 aliphatic carbocycles. The van der Waals surface area contributed by atoms with Crippen molar-refractivity contribution in [2.45, 2.75) is 6.42 Å². The van der Waals surface area contributed by atoms with Gasteiger partial charge in [0.05, 0.1) is 19.3 Å². The number of para-hydroxylation sites is 1. The Bertz CT molecular complexity index is 728. The predicted molar refractivity (Wildman–Crippen MR) is 89.6 cm³/mol. The first-order valence-electron chi connectivity index (χ1n) is 8.03. The fraction of sp³-hybridized carbons (Fsp3) is 0.444. The predicted octanol–water partition coefficient (Wildman–Crippen LogP) is 1.42. The summed E-state index contributed by atoms with van der Waals surface area (Å²) in [4.78, 5) is 26.0. The molecule has 134 valence electrons. The van der Waals surface area contributed by atoms with E-state index in [0.29, 0.717) is 30.0 Å². The summed E-state index contributed by atoms with van der Waals surface area (Å²) in [5.74, 6) is 0.0925. The van der Waals surface area contributed by atoms with Crippen molar-refractivity contribution in [3.8, 4) is 11.5 Å². The Hall–Kier alpha value is -2.54. The lowest BCUT2D eigenvalue weighted by Crippen LogP contribution is -2.41. The molecule has 2 aliphatic rings. The molecule has 1 aromatic rings. The molecule has 1 atom stereocenters. The molecule has 7 heteroatoms. The zero-order valence-electron chi connectivity index (χ0n) is 14.3. The summed E-state index contributed by atoms with van der Waals surface area (Å²) < 4.78 is 16.0. The van der Waals surface area contributed by atoms with Gasteiger partial charge in [0.1, 0.15) is 12.0 Å². The molecular weight excluding hydrogens is 326 g/mol. The molecule has 7 nitrogen and oxygen atoms in total. The fourth-order valence-electron chi connectivity index (χ4n) is 3.34. The largest absolute Gasteiger partial charge is 0.493 e. The molecule has 0 spiro atoms. The van der Waals surface area contributed by atoms with Gasteiger partial charge >= 0.3 is 5.97 Å². The Morgan fingerprint density at radius 2 is 2.16 bits per heavy atom. The number of nitrogens with zero attached hydrogens (tertiary/aromatic N) is 1. The second kappa shape index (κ2) is 6.76. The molecule has 2 aliphatic heterocycles. The van der Waals surface area contributed by atoms with Crippen molar-refractivity contribution in [1.82, 2.24) is 4.90 Å². The van der Waals surface area contributed by atoms with E-state index in [0.717, 1.165) is 5.56 Å². The normalized spacial score (nSPS) is 22.0. The smallest absolute Gasteiger partial charge is 0.313 e. The number of rotatable bonds is 5. The summed E-state index contributed by atoms with van der Waals surface area (Å²) in [6.45, 7) is 0.739. The van der Waals surface area contributed by atoms with E-state index >= 15 is 0 Å². The number of carbonyl (C=O) groups is 2. The molecule has 1 amide bonds. The van der Waals surface area contributed by atoms with Crippen molar-refractivity contribution < 1.29 is 28.9 Å². The van der Waals surface area contributed by atoms with Gasteiger partial charge in [-0.25, -0.2) is 0 Å². The van der Waals surface area contributed by atoms with Crippen molar-refractivity contribution >= 4 is 18.0 Å². The highest BCUT2D eigenvalue weighted by molar-refractivity contribution is 6.00. The summed E-state index contributed by atoms with van der Waals surface area (Å²) in [7, 11) is 3.03. The van der Waals surface area contributed by atoms with Crippen LogP contribution in [0.5, 0.6) is 11.5 Å². The van der Waals surface area contributed by atoms with Gasteiger partial charge in [-0.1, -0.05) is 12.1 Å². The maximum atomic E-state index is 12.8. The van der Waals surface area contributed by atoms with Gasteiger partial charge < -0.3 is 24.2 Å². The first-order chi connectivity index (χ1) is 12.0. The van der Waals surface area contributed by atoms with Crippen LogP contribution >= 0.6 is 0 Å². The number of carboxylic acids is 1. The minimum Gasteiger partial charge on any atom is -0.493 e. The SMILES string of the molecule is COCC1(C(=O)O)CCN(C(=O)C2=Cc3cccc(OC)c3OC2)C1. The number of aliphatic carboxylic acids is 1. The Morgan fingerprint density at radius 1 is 1.36 bits per heavy atom. The minimum atomic E-state index is -1.04. The Kier molecular flexibility index (Phi) is 4.67. The number of ether oxygens (including phenoxy) is 3. The van der Waals surface area contributed by atoms with E-state index in [9.17, 15) is 14.7 Å². The van der Waals surface area contributed by atoms with E-state index in [-0.39, 0.29) is 25.7 Å². The molecule has 1 saturated heterocycles. The van der Waals surface area contributed by atoms with Crippen LogP contribution in [-0.4, -0.2) is 62.4 Å². The number of carboxylic acid groups (broad SMARTS) is 1. The van der Waals surface area contributed by atoms with Gasteiger partial charge in [0.25, 0.3) is 5.91 Å². The van der Waals surface area contributed by atoms with Gasteiger partial charge in [-0.2, -0.15) is 0 Å². The minimum absolute atomic E-state index is 0.0850. The molecular formula is C18H21NO6. The van der Waals surface area contributed by atoms with Gasteiger partial charge in [0.15, 0.2) is 11.5 Å². The summed E-state index contributed by atoms with van der Waals surface area (Å²) in [6.07, 6.45) is 2.15. The van der Waals surface area contributed by atoms with Gasteiger partial charge in [-0.05, 0) is 18.6 Å². The number of hydrogen-bond donors (Lipinski definition) is 1. The lowest BCUT2D eigenvalue weighted by molar-refractivity contribution is -0.151. The van der Waals surface area contributed by atoms with E-state index < -0.39 is 11.4 Å². The van der Waals surface area contributed by atoms with Crippen LogP contribution in [0.2, 0.25) is 0 Å². The number of likely N-dealkylation sites (tertiary alicyclic amines) is 1. The maximum absolute atomic E-state index is 12.8. The highest BCUT2D eigenvalue weighted by Gasteiger charge is 2.47. The molecule has 1 fully saturated rings. The van der Waals surface area contributed by atoms with Gasteiger partial charge in [0, 0.05) is 25.8 Å². The van der Waals surface area contributed by atoms with Crippen molar-refractivity contribution in [2.24, 2.45) is 5.41 Å². The zero-order chi connectivity index (χ0) is 18.0. The highest BCUT2D eigenvalue weighted by atomic mass is 16.5. The Balaban J connectivity index is 1.80. The van der Waals surface area contributed by atoms with Crippen LogP contribution in [0.4, 0.5) is 0 Å². The van der Waals surface area contributed by atoms with E-state index in [4.69, 9.17) is 14.2 Å². The topological polar surface area (TPSA) is 85.3 Å². The molecule has 1 N–H and O–H groups in total. The molecule has 1 unspecified atom stereocenters. The summed E-state index contributed by atoms with van der Waals surface area (Å²) in [5, 5.41) is 9.52. The zero-order valence-corrected chi connectivity index (χ0v) is 14.3. The van der Waals surface area contributed by atoms with Crippen molar-refractivity contribution in [1.29, 1.82) is 0 Å². The van der Waals surface area contributed by atoms with Crippen molar-refractivity contribution in [3.05, 3.63) is 29.3 Å². The number of fused-ring (bicyclic) bond motifs is 1. The quantitative estimate of drug-likeness (QED) is 0.867. The monoisotopic (exact) mass is 347 g/mol. The van der Waals surface area contributed by atoms with Crippen LogP contribution in [0.25, 0.3) is 6.08 Å². The standard InChI is InChI=1S/C18H21NO6/c1-23-11-18(17(21)22)6-7-19(10-18)16(20)13-8-12-4-3-5-14(24-2)15(12)25-9-13/h3-5,8H,6-7,9-11H2,1-2H3,(H,21,22). The van der Waals surface area contributed by atoms with Crippen LogP contribution < -0.4 is 9.47 Å². The summed E-state index contributed by atoms with van der Waals surface area (Å²) in [5.41, 5.74) is 0.232. The van der Waals surface area contributed by atoms with Crippen molar-refractivity contribution in [2.75, 3.05) is 40.5 Å². The first-order valence-corrected chi connectivity index (χ1v) is 8.03. The van der Waals surface area contributed by atoms with Gasteiger partial charge in [-0.3, -0.25) is 9.59 Å². The third-order valence-corrected chi connectivity index (χ3v) is 4.72. The van der Waals surface area contributed by atoms with E-state index in [2.05, 4.69) is 0 Å². The molecule has 0 bridgehead atoms. The summed E-state index contributed by atoms with van der Waals surface area (Å²) in [6, 6.07) is 5.47. The maximum Gasteiger partial charge on any atom is 0.313 e. The second-order valence-corrected chi connectivity index (χ2v) is 6.33. The van der Waals surface area contributed by atoms with Gasteiger partial charge in [0.2, 0.25) is 0 Å². The van der Waals surface area contributed by atoms with Crippen LogP contribution in [-0.2, 0) is 14.3 Å². The van der Waals surface area contributed by atoms with Crippen LogP contribution in [0.15, 0.2) is 23.8 Å². The van der Waals surface area contributed by atoms with Gasteiger partial charge in [-0.15, -0.1) is 0 Å². The number of hydrogen-bond acceptors (Lipinski definition) is 5. The number of methoxy groups -OCH3 is 2. The molecule has 0 aromatic heterocycles. The lowest BCUT2D eigenvalue weighted by Gasteiger charge is -2.25. The molecule has 2 heterocycles. The van der Waals surface area contributed by atoms with Crippen LogP contribution in [0.3, 0.4) is 0 Å². The van der Waals surface area contributed by atoms with E-state index in [1.165, 1.54) is 7.11 Å². The second-order valence-electron chi connectivity index (χ2n) is 6.33. The molecule has 0 saturated carbocycles. The van der Waals surface area contributed by atoms with E-state index in [1.54, 1.807) is 24.2 Å². The summed E-state index contributed by atoms with van der Waals surface area (Å²) >= 11 is 0. The lowest BCUT2D eigenvalue weighted by atomic mass is 9.88. The average molecular weight is 347 g/mol. The first kappa shape index (κ1) is 17.3. The Labute approximate surface area is 145 Å². The fourth-order valence-corrected chi connectivity index (χ4v) is 3.34. The number of amides is 1. The number of benzene rings is 1. The highest BCUT2D eigenvalue weighted by Crippen LogP contribution is 2.37. The number of carbonyl (C=O) groups excluding carboxylic acids is 1. The Morgan fingerprint density at radius 3 is 2.84 bits per heavy atom. The van der Waals surface area contributed by atoms with Crippen LogP contribution in [0.1, 0.15) is 12.0 Å². The average Bonchev–Trinajstić information content (AvgIpc) is 3.06.